The number of rotatable bonds is 1. The molecule has 13 heavy (non-hydrogen) atoms. The predicted molar refractivity (Wildman–Crippen MR) is 50.7 cm³/mol. The van der Waals surface area contributed by atoms with Crippen LogP contribution in [-0.4, -0.2) is 49.3 Å². The van der Waals surface area contributed by atoms with Crippen molar-refractivity contribution in [2.24, 2.45) is 0 Å². The number of nitrogens with one attached hydrogen (secondary N) is 1. The molecule has 0 bridgehead atoms. The summed E-state index contributed by atoms with van der Waals surface area (Å²) in [6, 6.07) is 1.57. The minimum atomic E-state index is 0.564. The zero-order valence-corrected chi connectivity index (χ0v) is 8.04. The van der Waals surface area contributed by atoms with E-state index in [1.807, 2.05) is 0 Å². The van der Waals surface area contributed by atoms with Crippen molar-refractivity contribution < 1.29 is 4.74 Å². The summed E-state index contributed by atoms with van der Waals surface area (Å²) in [6.07, 6.45) is 4.59. The SMILES string of the molecule is C1C[C@@H]2OCCN(C3CNC3)[C@@H]2C1. The minimum absolute atomic E-state index is 0.564. The monoisotopic (exact) mass is 182 g/mol. The average molecular weight is 182 g/mol. The number of fused-ring (bicyclic) bond motifs is 1. The first-order chi connectivity index (χ1) is 6.45. The molecule has 2 aliphatic heterocycles. The number of morpholine rings is 1. The molecule has 0 aromatic carbocycles. The fourth-order valence-electron chi connectivity index (χ4n) is 2.92. The Morgan fingerprint density at radius 1 is 1.23 bits per heavy atom. The Labute approximate surface area is 79.4 Å². The van der Waals surface area contributed by atoms with Crippen LogP contribution in [0.3, 0.4) is 0 Å². The van der Waals surface area contributed by atoms with Gasteiger partial charge in [0.1, 0.15) is 0 Å². The van der Waals surface area contributed by atoms with Crippen molar-refractivity contribution in [2.45, 2.75) is 37.5 Å². The van der Waals surface area contributed by atoms with Crippen molar-refractivity contribution in [2.75, 3.05) is 26.2 Å². The van der Waals surface area contributed by atoms with Gasteiger partial charge in [0.15, 0.2) is 0 Å². The molecule has 3 aliphatic rings. The summed E-state index contributed by atoms with van der Waals surface area (Å²) < 4.78 is 5.79. The smallest absolute Gasteiger partial charge is 0.0731 e. The van der Waals surface area contributed by atoms with Gasteiger partial charge in [0.25, 0.3) is 0 Å². The molecule has 3 heteroatoms. The van der Waals surface area contributed by atoms with Gasteiger partial charge in [0.2, 0.25) is 0 Å². The first kappa shape index (κ1) is 8.21. The van der Waals surface area contributed by atoms with E-state index >= 15 is 0 Å². The maximum atomic E-state index is 5.79. The Balaban J connectivity index is 1.70. The molecule has 3 fully saturated rings. The molecule has 0 unspecified atom stereocenters. The van der Waals surface area contributed by atoms with E-state index in [0.29, 0.717) is 6.10 Å². The maximum absolute atomic E-state index is 5.79. The Kier molecular flexibility index (Phi) is 2.04. The quantitative estimate of drug-likeness (QED) is 0.627. The summed E-state index contributed by atoms with van der Waals surface area (Å²) in [7, 11) is 0. The van der Waals surface area contributed by atoms with Gasteiger partial charge in [-0.15, -0.1) is 0 Å². The number of ether oxygens (including phenoxy) is 1. The maximum Gasteiger partial charge on any atom is 0.0731 e. The molecule has 3 rings (SSSR count). The van der Waals surface area contributed by atoms with Crippen molar-refractivity contribution in [3.05, 3.63) is 0 Å². The third-order valence-corrected chi connectivity index (χ3v) is 3.75. The highest BCUT2D eigenvalue weighted by molar-refractivity contribution is 4.96. The lowest BCUT2D eigenvalue weighted by molar-refractivity contribution is -0.0787. The van der Waals surface area contributed by atoms with Gasteiger partial charge in [-0.2, -0.15) is 0 Å². The van der Waals surface area contributed by atoms with Gasteiger partial charge in [-0.3, -0.25) is 4.90 Å². The molecular formula is C10H18N2O. The van der Waals surface area contributed by atoms with E-state index in [1.54, 1.807) is 0 Å². The standard InChI is InChI=1S/C10H18N2O/c1-2-9-10(3-1)13-5-4-12(9)8-6-11-7-8/h8-11H,1-7H2/t9-,10+/m1/s1. The van der Waals surface area contributed by atoms with Gasteiger partial charge < -0.3 is 10.1 Å². The number of hydrogen-bond acceptors (Lipinski definition) is 3. The molecule has 2 saturated heterocycles. The molecule has 74 valence electrons. The molecule has 0 radical (unpaired) electrons. The molecule has 1 N–H and O–H groups in total. The second-order valence-corrected chi connectivity index (χ2v) is 4.46. The molecule has 1 saturated carbocycles. The third-order valence-electron chi connectivity index (χ3n) is 3.75. The van der Waals surface area contributed by atoms with Crippen molar-refractivity contribution >= 4 is 0 Å². The highest BCUT2D eigenvalue weighted by atomic mass is 16.5. The molecule has 0 spiro atoms. The highest BCUT2D eigenvalue weighted by Gasteiger charge is 2.40. The van der Waals surface area contributed by atoms with Crippen LogP contribution in [0.4, 0.5) is 0 Å². The lowest BCUT2D eigenvalue weighted by Crippen LogP contribution is -2.63. The molecule has 3 nitrogen and oxygen atoms in total. The van der Waals surface area contributed by atoms with E-state index < -0.39 is 0 Å². The van der Waals surface area contributed by atoms with Crippen LogP contribution in [0.25, 0.3) is 0 Å². The minimum Gasteiger partial charge on any atom is -0.375 e. The van der Waals surface area contributed by atoms with Gasteiger partial charge in [-0.05, 0) is 19.3 Å². The Bertz CT molecular complexity index is 193. The van der Waals surface area contributed by atoms with Crippen molar-refractivity contribution in [1.29, 1.82) is 0 Å². The second-order valence-electron chi connectivity index (χ2n) is 4.46. The zero-order chi connectivity index (χ0) is 8.67. The average Bonchev–Trinajstić information content (AvgIpc) is 2.49. The van der Waals surface area contributed by atoms with Crippen molar-refractivity contribution in [1.82, 2.24) is 10.2 Å². The predicted octanol–water partition coefficient (Wildman–Crippen LogP) is 0.212. The molecular weight excluding hydrogens is 164 g/mol. The molecule has 1 aliphatic carbocycles. The summed E-state index contributed by atoms with van der Waals surface area (Å²) in [5.41, 5.74) is 0. The first-order valence-corrected chi connectivity index (χ1v) is 5.53. The summed E-state index contributed by atoms with van der Waals surface area (Å²) in [5.74, 6) is 0. The lowest BCUT2D eigenvalue weighted by Gasteiger charge is -2.46. The molecule has 2 heterocycles. The fourth-order valence-corrected chi connectivity index (χ4v) is 2.92. The highest BCUT2D eigenvalue weighted by Crippen LogP contribution is 2.31. The van der Waals surface area contributed by atoms with Gasteiger partial charge in [-0.1, -0.05) is 0 Å². The van der Waals surface area contributed by atoms with E-state index in [0.717, 1.165) is 25.2 Å². The van der Waals surface area contributed by atoms with Crippen molar-refractivity contribution in [3.63, 3.8) is 0 Å². The molecule has 0 aromatic heterocycles. The van der Waals surface area contributed by atoms with Gasteiger partial charge in [0, 0.05) is 31.7 Å². The van der Waals surface area contributed by atoms with Crippen LogP contribution < -0.4 is 5.32 Å². The Morgan fingerprint density at radius 3 is 2.92 bits per heavy atom. The van der Waals surface area contributed by atoms with E-state index in [9.17, 15) is 0 Å². The molecule has 0 amide bonds. The van der Waals surface area contributed by atoms with Crippen LogP contribution in [0.15, 0.2) is 0 Å². The van der Waals surface area contributed by atoms with Gasteiger partial charge in [-0.25, -0.2) is 0 Å². The second kappa shape index (κ2) is 3.23. The van der Waals surface area contributed by atoms with Crippen LogP contribution in [0.5, 0.6) is 0 Å². The zero-order valence-electron chi connectivity index (χ0n) is 8.04. The van der Waals surface area contributed by atoms with E-state index in [2.05, 4.69) is 10.2 Å². The Hall–Kier alpha value is -0.120. The Morgan fingerprint density at radius 2 is 2.15 bits per heavy atom. The molecule has 2 atom stereocenters. The summed E-state index contributed by atoms with van der Waals surface area (Å²) in [5, 5.41) is 3.36. The van der Waals surface area contributed by atoms with Crippen molar-refractivity contribution in [3.8, 4) is 0 Å². The van der Waals surface area contributed by atoms with Crippen LogP contribution >= 0.6 is 0 Å². The van der Waals surface area contributed by atoms with E-state index in [4.69, 9.17) is 4.74 Å². The van der Waals surface area contributed by atoms with Crippen LogP contribution in [0.2, 0.25) is 0 Å². The topological polar surface area (TPSA) is 24.5 Å². The largest absolute Gasteiger partial charge is 0.375 e. The van der Waals surface area contributed by atoms with Crippen LogP contribution in [-0.2, 0) is 4.74 Å². The normalized spacial score (nSPS) is 41.5. The molecule has 0 aromatic rings. The van der Waals surface area contributed by atoms with Crippen LogP contribution in [0, 0.1) is 0 Å². The van der Waals surface area contributed by atoms with Crippen LogP contribution in [0.1, 0.15) is 19.3 Å². The summed E-state index contributed by atoms with van der Waals surface area (Å²) >= 11 is 0. The van der Waals surface area contributed by atoms with E-state index in [-0.39, 0.29) is 0 Å². The van der Waals surface area contributed by atoms with E-state index in [1.165, 1.54) is 32.4 Å². The van der Waals surface area contributed by atoms with Gasteiger partial charge in [0.05, 0.1) is 12.7 Å². The first-order valence-electron chi connectivity index (χ1n) is 5.53. The lowest BCUT2D eigenvalue weighted by atomic mass is 10.0. The number of hydrogen-bond donors (Lipinski definition) is 1. The summed E-state index contributed by atoms with van der Waals surface area (Å²) in [6.45, 7) is 4.51. The number of nitrogens with zero attached hydrogens (tertiary/aromatic N) is 1. The third kappa shape index (κ3) is 1.30. The fraction of sp³-hybridized carbons (Fsp3) is 1.00. The summed E-state index contributed by atoms with van der Waals surface area (Å²) in [4.78, 5) is 2.69. The van der Waals surface area contributed by atoms with Gasteiger partial charge >= 0.3 is 0 Å².